The third-order valence-corrected chi connectivity index (χ3v) is 4.30. The SMILES string of the molecule is CCNC(Cc1ccc(Br)cc1Cl)c1cc(Cl)ccc1F. The van der Waals surface area contributed by atoms with Crippen LogP contribution in [0.4, 0.5) is 4.39 Å². The zero-order chi connectivity index (χ0) is 15.4. The largest absolute Gasteiger partial charge is 0.310 e. The van der Waals surface area contributed by atoms with Gasteiger partial charge in [0.05, 0.1) is 0 Å². The fourth-order valence-electron chi connectivity index (χ4n) is 2.23. The Labute approximate surface area is 142 Å². The molecular weight excluding hydrogens is 376 g/mol. The summed E-state index contributed by atoms with van der Waals surface area (Å²) in [7, 11) is 0. The Kier molecular flexibility index (Phi) is 6.06. The fraction of sp³-hybridized carbons (Fsp3) is 0.250. The van der Waals surface area contributed by atoms with Crippen LogP contribution in [-0.2, 0) is 6.42 Å². The maximum absolute atomic E-state index is 14.1. The average molecular weight is 391 g/mol. The summed E-state index contributed by atoms with van der Waals surface area (Å²) < 4.78 is 15.0. The molecule has 5 heteroatoms. The molecule has 0 bridgehead atoms. The zero-order valence-corrected chi connectivity index (χ0v) is 14.6. The van der Waals surface area contributed by atoms with Crippen molar-refractivity contribution in [3.63, 3.8) is 0 Å². The summed E-state index contributed by atoms with van der Waals surface area (Å²) in [5.41, 5.74) is 1.52. The Bertz CT molecular complexity index is 634. The maximum Gasteiger partial charge on any atom is 0.128 e. The van der Waals surface area contributed by atoms with Crippen molar-refractivity contribution in [1.82, 2.24) is 5.32 Å². The van der Waals surface area contributed by atoms with E-state index in [1.807, 2.05) is 25.1 Å². The van der Waals surface area contributed by atoms with Gasteiger partial charge in [-0.3, -0.25) is 0 Å². The lowest BCUT2D eigenvalue weighted by atomic mass is 9.98. The van der Waals surface area contributed by atoms with Crippen molar-refractivity contribution >= 4 is 39.1 Å². The van der Waals surface area contributed by atoms with Gasteiger partial charge in [0.1, 0.15) is 5.82 Å². The van der Waals surface area contributed by atoms with Gasteiger partial charge in [-0.2, -0.15) is 0 Å². The summed E-state index contributed by atoms with van der Waals surface area (Å²) >= 11 is 15.6. The number of rotatable bonds is 5. The van der Waals surface area contributed by atoms with Gasteiger partial charge < -0.3 is 5.32 Å². The molecule has 0 aliphatic rings. The molecule has 1 N–H and O–H groups in total. The molecule has 0 aliphatic carbocycles. The lowest BCUT2D eigenvalue weighted by molar-refractivity contribution is 0.510. The van der Waals surface area contributed by atoms with Crippen molar-refractivity contribution in [2.45, 2.75) is 19.4 Å². The summed E-state index contributed by atoms with van der Waals surface area (Å²) in [6, 6.07) is 10.1. The first kappa shape index (κ1) is 16.8. The predicted octanol–water partition coefficient (Wildman–Crippen LogP) is 5.79. The van der Waals surface area contributed by atoms with Gasteiger partial charge >= 0.3 is 0 Å². The average Bonchev–Trinajstić information content (AvgIpc) is 2.44. The molecule has 1 atom stereocenters. The second kappa shape index (κ2) is 7.59. The Hall–Kier alpha value is -0.610. The molecule has 0 spiro atoms. The predicted molar refractivity (Wildman–Crippen MR) is 90.7 cm³/mol. The van der Waals surface area contributed by atoms with Crippen molar-refractivity contribution in [2.75, 3.05) is 6.54 Å². The van der Waals surface area contributed by atoms with E-state index in [4.69, 9.17) is 23.2 Å². The van der Waals surface area contributed by atoms with Crippen LogP contribution in [0.5, 0.6) is 0 Å². The Morgan fingerprint density at radius 3 is 2.62 bits per heavy atom. The molecule has 0 radical (unpaired) electrons. The van der Waals surface area contributed by atoms with Gasteiger partial charge in [-0.25, -0.2) is 4.39 Å². The monoisotopic (exact) mass is 389 g/mol. The van der Waals surface area contributed by atoms with Crippen molar-refractivity contribution < 1.29 is 4.39 Å². The van der Waals surface area contributed by atoms with Crippen LogP contribution in [0.1, 0.15) is 24.1 Å². The van der Waals surface area contributed by atoms with E-state index in [1.165, 1.54) is 6.07 Å². The quantitative estimate of drug-likeness (QED) is 0.681. The molecule has 2 aromatic rings. The highest BCUT2D eigenvalue weighted by Gasteiger charge is 2.17. The van der Waals surface area contributed by atoms with Crippen molar-refractivity contribution in [3.05, 3.63) is 67.9 Å². The molecule has 0 saturated heterocycles. The van der Waals surface area contributed by atoms with Crippen LogP contribution in [0, 0.1) is 5.82 Å². The molecular formula is C16H15BrCl2FN. The fourth-order valence-corrected chi connectivity index (χ4v) is 3.16. The number of hydrogen-bond donors (Lipinski definition) is 1. The van der Waals surface area contributed by atoms with Crippen LogP contribution in [0.15, 0.2) is 40.9 Å². The molecule has 0 aliphatic heterocycles. The van der Waals surface area contributed by atoms with E-state index < -0.39 is 0 Å². The molecule has 112 valence electrons. The van der Waals surface area contributed by atoms with Crippen molar-refractivity contribution in [3.8, 4) is 0 Å². The first-order valence-corrected chi connectivity index (χ1v) is 8.18. The van der Waals surface area contributed by atoms with Crippen LogP contribution in [0.2, 0.25) is 10.0 Å². The van der Waals surface area contributed by atoms with Gasteiger partial charge in [-0.05, 0) is 48.9 Å². The third-order valence-electron chi connectivity index (χ3n) is 3.22. The number of halogens is 4. The number of nitrogens with one attached hydrogen (secondary N) is 1. The normalized spacial score (nSPS) is 12.4. The molecule has 21 heavy (non-hydrogen) atoms. The summed E-state index contributed by atoms with van der Waals surface area (Å²) in [6.07, 6.45) is 0.594. The third kappa shape index (κ3) is 4.43. The molecule has 0 heterocycles. The van der Waals surface area contributed by atoms with E-state index in [-0.39, 0.29) is 11.9 Å². The zero-order valence-electron chi connectivity index (χ0n) is 11.5. The molecule has 2 aromatic carbocycles. The Morgan fingerprint density at radius 2 is 1.95 bits per heavy atom. The van der Waals surface area contributed by atoms with E-state index in [0.29, 0.717) is 22.0 Å². The van der Waals surface area contributed by atoms with Crippen LogP contribution < -0.4 is 5.32 Å². The van der Waals surface area contributed by atoms with E-state index >= 15 is 0 Å². The first-order chi connectivity index (χ1) is 10.0. The topological polar surface area (TPSA) is 12.0 Å². The summed E-state index contributed by atoms with van der Waals surface area (Å²) in [6.45, 7) is 2.71. The van der Waals surface area contributed by atoms with E-state index in [1.54, 1.807) is 12.1 Å². The van der Waals surface area contributed by atoms with Gasteiger partial charge in [0.2, 0.25) is 0 Å². The minimum absolute atomic E-state index is 0.174. The van der Waals surface area contributed by atoms with Crippen LogP contribution in [0.3, 0.4) is 0 Å². The molecule has 2 rings (SSSR count). The highest BCUT2D eigenvalue weighted by Crippen LogP contribution is 2.28. The minimum atomic E-state index is -0.265. The number of benzene rings is 2. The lowest BCUT2D eigenvalue weighted by Gasteiger charge is -2.20. The maximum atomic E-state index is 14.1. The van der Waals surface area contributed by atoms with Gasteiger partial charge in [0, 0.05) is 26.1 Å². The van der Waals surface area contributed by atoms with Crippen LogP contribution >= 0.6 is 39.1 Å². The van der Waals surface area contributed by atoms with E-state index in [9.17, 15) is 4.39 Å². The highest BCUT2D eigenvalue weighted by molar-refractivity contribution is 9.10. The second-order valence-electron chi connectivity index (χ2n) is 4.72. The highest BCUT2D eigenvalue weighted by atomic mass is 79.9. The van der Waals surface area contributed by atoms with Gasteiger partial charge in [-0.1, -0.05) is 52.1 Å². The number of hydrogen-bond acceptors (Lipinski definition) is 1. The minimum Gasteiger partial charge on any atom is -0.310 e. The van der Waals surface area contributed by atoms with Gasteiger partial charge in [-0.15, -0.1) is 0 Å². The van der Waals surface area contributed by atoms with Gasteiger partial charge in [0.15, 0.2) is 0 Å². The summed E-state index contributed by atoms with van der Waals surface area (Å²) in [5, 5.41) is 4.47. The molecule has 0 aromatic heterocycles. The molecule has 0 saturated carbocycles. The van der Waals surface area contributed by atoms with Crippen LogP contribution in [0.25, 0.3) is 0 Å². The Morgan fingerprint density at radius 1 is 1.19 bits per heavy atom. The molecule has 0 amide bonds. The standard InChI is InChI=1S/C16H15BrCl2FN/c1-2-21-16(13-9-12(18)5-6-15(13)20)7-10-3-4-11(17)8-14(10)19/h3-6,8-9,16,21H,2,7H2,1H3. The molecule has 0 fully saturated rings. The van der Waals surface area contributed by atoms with Crippen molar-refractivity contribution in [1.29, 1.82) is 0 Å². The summed E-state index contributed by atoms with van der Waals surface area (Å²) in [4.78, 5) is 0. The van der Waals surface area contributed by atoms with E-state index in [0.717, 1.165) is 16.6 Å². The van der Waals surface area contributed by atoms with E-state index in [2.05, 4.69) is 21.2 Å². The molecule has 1 nitrogen and oxygen atoms in total. The second-order valence-corrected chi connectivity index (χ2v) is 6.48. The van der Waals surface area contributed by atoms with Gasteiger partial charge in [0.25, 0.3) is 0 Å². The lowest BCUT2D eigenvalue weighted by Crippen LogP contribution is -2.24. The van der Waals surface area contributed by atoms with Crippen LogP contribution in [-0.4, -0.2) is 6.54 Å². The first-order valence-electron chi connectivity index (χ1n) is 6.63. The van der Waals surface area contributed by atoms with Crippen molar-refractivity contribution in [2.24, 2.45) is 0 Å². The Balaban J connectivity index is 2.32. The molecule has 1 unspecified atom stereocenters. The number of likely N-dealkylation sites (N-methyl/N-ethyl adjacent to an activating group) is 1. The summed E-state index contributed by atoms with van der Waals surface area (Å²) in [5.74, 6) is -0.265. The smallest absolute Gasteiger partial charge is 0.128 e.